The van der Waals surface area contributed by atoms with Crippen molar-refractivity contribution in [3.05, 3.63) is 48.4 Å². The molecule has 0 amide bonds. The summed E-state index contributed by atoms with van der Waals surface area (Å²) in [7, 11) is 0. The van der Waals surface area contributed by atoms with Gasteiger partial charge in [0.15, 0.2) is 0 Å². The number of benzene rings is 1. The highest BCUT2D eigenvalue weighted by atomic mass is 15.3. The Balaban J connectivity index is 1.42. The number of pyridine rings is 1. The topological polar surface area (TPSA) is 62.1 Å². The molecule has 3 aromatic heterocycles. The molecule has 1 aliphatic heterocycles. The minimum atomic E-state index is 0.362. The van der Waals surface area contributed by atoms with E-state index in [1.165, 1.54) is 11.1 Å². The summed E-state index contributed by atoms with van der Waals surface area (Å²) in [5.41, 5.74) is 4.34. The molecule has 0 atom stereocenters. The first-order valence-electron chi connectivity index (χ1n) is 11.5. The van der Waals surface area contributed by atoms with Crippen molar-refractivity contribution < 1.29 is 0 Å². The number of nitrogens with one attached hydrogen (secondary N) is 1. The molecule has 1 aliphatic rings. The summed E-state index contributed by atoms with van der Waals surface area (Å²) in [6.07, 6.45) is 4.02. The highest BCUT2D eigenvalue weighted by molar-refractivity contribution is 6.03. The van der Waals surface area contributed by atoms with Crippen LogP contribution in [0, 0.1) is 6.92 Å². The van der Waals surface area contributed by atoms with Crippen molar-refractivity contribution in [2.75, 3.05) is 42.9 Å². The summed E-state index contributed by atoms with van der Waals surface area (Å²) in [5.74, 6) is 1.34. The third-order valence-corrected chi connectivity index (χ3v) is 6.44. The second-order valence-corrected chi connectivity index (χ2v) is 8.80. The fraction of sp³-hybridized carbons (Fsp3) is 0.400. The molecule has 0 bridgehead atoms. The third kappa shape index (κ3) is 3.77. The van der Waals surface area contributed by atoms with Crippen LogP contribution in [-0.2, 0) is 0 Å². The van der Waals surface area contributed by atoms with Crippen LogP contribution in [0.3, 0.4) is 0 Å². The molecule has 7 heteroatoms. The Bertz CT molecular complexity index is 1250. The van der Waals surface area contributed by atoms with Crippen molar-refractivity contribution >= 4 is 39.3 Å². The fourth-order valence-corrected chi connectivity index (χ4v) is 4.61. The highest BCUT2D eigenvalue weighted by Gasteiger charge is 2.18. The molecule has 7 nitrogen and oxygen atoms in total. The van der Waals surface area contributed by atoms with E-state index in [9.17, 15) is 0 Å². The van der Waals surface area contributed by atoms with Gasteiger partial charge in [0.25, 0.3) is 0 Å². The second kappa shape index (κ2) is 8.39. The standard InChI is InChI=1S/C25H31N7/c1-5-30-12-14-31(15-13-30)21-8-9-22(27-18(21)4)28-25-26-16-20-7-6-19-10-11-32(17(2)3)24(19)23(20)29-25/h6-11,16-17H,5,12-15H2,1-4H3,(H,26,27,28,29). The molecule has 0 spiro atoms. The molecule has 4 heterocycles. The summed E-state index contributed by atoms with van der Waals surface area (Å²) < 4.78 is 2.27. The molecule has 166 valence electrons. The number of anilines is 3. The van der Waals surface area contributed by atoms with E-state index in [1.54, 1.807) is 0 Å². The van der Waals surface area contributed by atoms with E-state index in [-0.39, 0.29) is 0 Å². The van der Waals surface area contributed by atoms with Crippen molar-refractivity contribution in [3.63, 3.8) is 0 Å². The van der Waals surface area contributed by atoms with E-state index in [0.717, 1.165) is 60.7 Å². The van der Waals surface area contributed by atoms with Gasteiger partial charge in [-0.05, 0) is 45.5 Å². The maximum atomic E-state index is 4.87. The van der Waals surface area contributed by atoms with Crippen molar-refractivity contribution in [1.82, 2.24) is 24.4 Å². The van der Waals surface area contributed by atoms with Gasteiger partial charge in [-0.2, -0.15) is 0 Å². The zero-order chi connectivity index (χ0) is 22.2. The monoisotopic (exact) mass is 429 g/mol. The van der Waals surface area contributed by atoms with Gasteiger partial charge in [0.2, 0.25) is 5.95 Å². The molecule has 1 aromatic carbocycles. The highest BCUT2D eigenvalue weighted by Crippen LogP contribution is 2.28. The average molecular weight is 430 g/mol. The molecule has 32 heavy (non-hydrogen) atoms. The van der Waals surface area contributed by atoms with E-state index >= 15 is 0 Å². The minimum Gasteiger partial charge on any atom is -0.368 e. The number of rotatable bonds is 5. The molecular formula is C25H31N7. The minimum absolute atomic E-state index is 0.362. The van der Waals surface area contributed by atoms with Crippen LogP contribution in [0.1, 0.15) is 32.5 Å². The molecule has 1 fully saturated rings. The van der Waals surface area contributed by atoms with E-state index in [2.05, 4.69) is 82.8 Å². The van der Waals surface area contributed by atoms with Crippen LogP contribution in [-0.4, -0.2) is 57.1 Å². The number of likely N-dealkylation sites (N-methyl/N-ethyl adjacent to an activating group) is 1. The van der Waals surface area contributed by atoms with Gasteiger partial charge in [0.1, 0.15) is 11.3 Å². The Morgan fingerprint density at radius 3 is 2.47 bits per heavy atom. The van der Waals surface area contributed by atoms with E-state index in [0.29, 0.717) is 12.0 Å². The van der Waals surface area contributed by atoms with Gasteiger partial charge in [-0.25, -0.2) is 15.0 Å². The van der Waals surface area contributed by atoms with Crippen LogP contribution in [0.2, 0.25) is 0 Å². The molecule has 0 unspecified atom stereocenters. The number of nitrogens with zero attached hydrogens (tertiary/aromatic N) is 6. The first-order valence-corrected chi connectivity index (χ1v) is 11.5. The van der Waals surface area contributed by atoms with Gasteiger partial charge in [0.05, 0.1) is 16.9 Å². The molecular weight excluding hydrogens is 398 g/mol. The lowest BCUT2D eigenvalue weighted by molar-refractivity contribution is 0.271. The van der Waals surface area contributed by atoms with E-state index < -0.39 is 0 Å². The summed E-state index contributed by atoms with van der Waals surface area (Å²) in [6.45, 7) is 14.1. The average Bonchev–Trinajstić information content (AvgIpc) is 3.24. The van der Waals surface area contributed by atoms with Gasteiger partial charge in [-0.3, -0.25) is 0 Å². The van der Waals surface area contributed by atoms with Crippen LogP contribution in [0.5, 0.6) is 0 Å². The van der Waals surface area contributed by atoms with Crippen molar-refractivity contribution in [2.45, 2.75) is 33.7 Å². The summed E-state index contributed by atoms with van der Waals surface area (Å²) in [5, 5.41) is 5.55. The van der Waals surface area contributed by atoms with Crippen LogP contribution in [0.15, 0.2) is 42.7 Å². The lowest BCUT2D eigenvalue weighted by Crippen LogP contribution is -2.46. The lowest BCUT2D eigenvalue weighted by atomic mass is 10.2. The van der Waals surface area contributed by atoms with Gasteiger partial charge >= 0.3 is 0 Å². The molecule has 0 aliphatic carbocycles. The van der Waals surface area contributed by atoms with Gasteiger partial charge in [-0.1, -0.05) is 19.1 Å². The summed E-state index contributed by atoms with van der Waals surface area (Å²) in [4.78, 5) is 19.1. The molecule has 4 aromatic rings. The van der Waals surface area contributed by atoms with Crippen LogP contribution in [0.25, 0.3) is 21.8 Å². The van der Waals surface area contributed by atoms with Crippen molar-refractivity contribution in [3.8, 4) is 0 Å². The maximum absolute atomic E-state index is 4.87. The number of hydrogen-bond donors (Lipinski definition) is 1. The van der Waals surface area contributed by atoms with Crippen molar-refractivity contribution in [2.24, 2.45) is 0 Å². The third-order valence-electron chi connectivity index (χ3n) is 6.44. The second-order valence-electron chi connectivity index (χ2n) is 8.80. The Labute approximate surface area is 189 Å². The van der Waals surface area contributed by atoms with Gasteiger partial charge in [-0.15, -0.1) is 0 Å². The van der Waals surface area contributed by atoms with Gasteiger partial charge < -0.3 is 19.7 Å². The molecule has 1 N–H and O–H groups in total. The van der Waals surface area contributed by atoms with Crippen LogP contribution < -0.4 is 10.2 Å². The van der Waals surface area contributed by atoms with E-state index in [4.69, 9.17) is 9.97 Å². The molecule has 5 rings (SSSR count). The number of aromatic nitrogens is 4. The number of fused-ring (bicyclic) bond motifs is 3. The Kier molecular flexibility index (Phi) is 5.43. The SMILES string of the molecule is CCN1CCN(c2ccc(Nc3ncc4ccc5ccn(C(C)C)c5c4n3)nc2C)CC1. The number of hydrogen-bond acceptors (Lipinski definition) is 6. The number of aryl methyl sites for hydroxylation is 1. The summed E-state index contributed by atoms with van der Waals surface area (Å²) >= 11 is 0. The predicted molar refractivity (Wildman–Crippen MR) is 132 cm³/mol. The Morgan fingerprint density at radius 1 is 0.969 bits per heavy atom. The maximum Gasteiger partial charge on any atom is 0.228 e. The lowest BCUT2D eigenvalue weighted by Gasteiger charge is -2.36. The predicted octanol–water partition coefficient (Wildman–Crippen LogP) is 4.75. The van der Waals surface area contributed by atoms with Crippen LogP contribution >= 0.6 is 0 Å². The zero-order valence-corrected chi connectivity index (χ0v) is 19.3. The molecule has 1 saturated heterocycles. The number of piperazine rings is 1. The zero-order valence-electron chi connectivity index (χ0n) is 19.3. The Hall–Kier alpha value is -3.19. The molecule has 0 radical (unpaired) electrons. The summed E-state index contributed by atoms with van der Waals surface area (Å²) in [6, 6.07) is 10.9. The quantitative estimate of drug-likeness (QED) is 0.494. The van der Waals surface area contributed by atoms with Gasteiger partial charge in [0, 0.05) is 55.4 Å². The fourth-order valence-electron chi connectivity index (χ4n) is 4.61. The smallest absolute Gasteiger partial charge is 0.228 e. The van der Waals surface area contributed by atoms with E-state index in [1.807, 2.05) is 12.3 Å². The Morgan fingerprint density at radius 2 is 1.75 bits per heavy atom. The first kappa shape index (κ1) is 20.7. The van der Waals surface area contributed by atoms with Crippen LogP contribution in [0.4, 0.5) is 17.5 Å². The normalized spacial score (nSPS) is 15.2. The first-order chi connectivity index (χ1) is 15.5. The largest absolute Gasteiger partial charge is 0.368 e. The molecule has 0 saturated carbocycles. The van der Waals surface area contributed by atoms with Crippen molar-refractivity contribution in [1.29, 1.82) is 0 Å².